The highest BCUT2D eigenvalue weighted by molar-refractivity contribution is 5.89. The standard InChI is InChI=1S/C16H23N5O2/c1-4-7-20(8-9-22)16(23)18-14-5-6-15(17-11-14)21-13(3)10-12(2)19-21/h5-6,10-11,22H,4,7-9H2,1-3H3,(H,18,23). The summed E-state index contributed by atoms with van der Waals surface area (Å²) in [5.74, 6) is 0.703. The summed E-state index contributed by atoms with van der Waals surface area (Å²) < 4.78 is 1.76. The Morgan fingerprint density at radius 1 is 1.35 bits per heavy atom. The molecule has 0 fully saturated rings. The Morgan fingerprint density at radius 2 is 2.13 bits per heavy atom. The molecular weight excluding hydrogens is 294 g/mol. The highest BCUT2D eigenvalue weighted by Gasteiger charge is 2.12. The van der Waals surface area contributed by atoms with Gasteiger partial charge in [-0.3, -0.25) is 0 Å². The predicted octanol–water partition coefficient (Wildman–Crippen LogP) is 2.12. The summed E-state index contributed by atoms with van der Waals surface area (Å²) in [5.41, 5.74) is 2.55. The first kappa shape index (κ1) is 17.0. The third-order valence-electron chi connectivity index (χ3n) is 3.38. The molecule has 2 aromatic heterocycles. The molecular formula is C16H23N5O2. The van der Waals surface area contributed by atoms with Crippen LogP contribution in [0, 0.1) is 13.8 Å². The van der Waals surface area contributed by atoms with Crippen LogP contribution in [0.2, 0.25) is 0 Å². The fourth-order valence-corrected chi connectivity index (χ4v) is 2.35. The normalized spacial score (nSPS) is 10.6. The maximum atomic E-state index is 12.2. The van der Waals surface area contributed by atoms with Gasteiger partial charge in [-0.2, -0.15) is 5.10 Å². The molecule has 7 nitrogen and oxygen atoms in total. The number of nitrogens with zero attached hydrogens (tertiary/aromatic N) is 4. The number of aliphatic hydroxyl groups is 1. The second-order valence-corrected chi connectivity index (χ2v) is 5.38. The number of amides is 2. The number of urea groups is 1. The van der Waals surface area contributed by atoms with Crippen LogP contribution in [0.25, 0.3) is 5.82 Å². The zero-order chi connectivity index (χ0) is 16.8. The van der Waals surface area contributed by atoms with E-state index in [-0.39, 0.29) is 12.6 Å². The Labute approximate surface area is 136 Å². The van der Waals surface area contributed by atoms with Gasteiger partial charge in [-0.05, 0) is 38.5 Å². The van der Waals surface area contributed by atoms with Gasteiger partial charge < -0.3 is 15.3 Å². The fraction of sp³-hybridized carbons (Fsp3) is 0.438. The molecule has 124 valence electrons. The Kier molecular flexibility index (Phi) is 5.70. The number of aryl methyl sites for hydroxylation is 2. The van der Waals surface area contributed by atoms with Gasteiger partial charge in [-0.25, -0.2) is 14.5 Å². The number of carbonyl (C=O) groups is 1. The van der Waals surface area contributed by atoms with Crippen LogP contribution in [0.1, 0.15) is 24.7 Å². The third kappa shape index (κ3) is 4.29. The lowest BCUT2D eigenvalue weighted by Gasteiger charge is -2.21. The van der Waals surface area contributed by atoms with Crippen LogP contribution >= 0.6 is 0 Å². The van der Waals surface area contributed by atoms with Crippen LogP contribution in [0.3, 0.4) is 0 Å². The van der Waals surface area contributed by atoms with Crippen molar-refractivity contribution in [2.45, 2.75) is 27.2 Å². The van der Waals surface area contributed by atoms with E-state index in [0.29, 0.717) is 24.6 Å². The molecule has 0 radical (unpaired) electrons. The van der Waals surface area contributed by atoms with E-state index in [1.807, 2.05) is 32.9 Å². The van der Waals surface area contributed by atoms with Crippen molar-refractivity contribution >= 4 is 11.7 Å². The molecule has 0 aliphatic heterocycles. The van der Waals surface area contributed by atoms with Crippen LogP contribution < -0.4 is 5.32 Å². The summed E-state index contributed by atoms with van der Waals surface area (Å²) in [6.07, 6.45) is 2.44. The fourth-order valence-electron chi connectivity index (χ4n) is 2.35. The van der Waals surface area contributed by atoms with Crippen LogP contribution in [0.15, 0.2) is 24.4 Å². The van der Waals surface area contributed by atoms with Gasteiger partial charge in [0.1, 0.15) is 0 Å². The second kappa shape index (κ2) is 7.73. The van der Waals surface area contributed by atoms with E-state index >= 15 is 0 Å². The lowest BCUT2D eigenvalue weighted by molar-refractivity contribution is 0.188. The minimum Gasteiger partial charge on any atom is -0.395 e. The monoisotopic (exact) mass is 317 g/mol. The molecule has 0 bridgehead atoms. The van der Waals surface area contributed by atoms with Crippen molar-refractivity contribution < 1.29 is 9.90 Å². The molecule has 2 heterocycles. The lowest BCUT2D eigenvalue weighted by atomic mass is 10.3. The van der Waals surface area contributed by atoms with Crippen molar-refractivity contribution in [2.24, 2.45) is 0 Å². The van der Waals surface area contributed by atoms with Crippen molar-refractivity contribution in [3.8, 4) is 5.82 Å². The summed E-state index contributed by atoms with van der Waals surface area (Å²) in [6.45, 7) is 6.75. The number of pyridine rings is 1. The van der Waals surface area contributed by atoms with Crippen LogP contribution in [-0.4, -0.2) is 50.5 Å². The van der Waals surface area contributed by atoms with Gasteiger partial charge in [0, 0.05) is 18.8 Å². The topological polar surface area (TPSA) is 83.3 Å². The quantitative estimate of drug-likeness (QED) is 0.855. The molecule has 0 atom stereocenters. The number of nitrogens with one attached hydrogen (secondary N) is 1. The second-order valence-electron chi connectivity index (χ2n) is 5.38. The Balaban J connectivity index is 2.07. The maximum absolute atomic E-state index is 12.2. The van der Waals surface area contributed by atoms with Gasteiger partial charge in [-0.1, -0.05) is 6.92 Å². The van der Waals surface area contributed by atoms with Crippen molar-refractivity contribution in [1.29, 1.82) is 0 Å². The lowest BCUT2D eigenvalue weighted by Crippen LogP contribution is -2.37. The van der Waals surface area contributed by atoms with E-state index in [1.54, 1.807) is 21.8 Å². The average molecular weight is 317 g/mol. The molecule has 2 N–H and O–H groups in total. The highest BCUT2D eigenvalue weighted by Crippen LogP contribution is 2.13. The van der Waals surface area contributed by atoms with Crippen molar-refractivity contribution in [3.63, 3.8) is 0 Å². The number of aliphatic hydroxyl groups excluding tert-OH is 1. The van der Waals surface area contributed by atoms with E-state index in [4.69, 9.17) is 5.11 Å². The molecule has 0 unspecified atom stereocenters. The van der Waals surface area contributed by atoms with Gasteiger partial charge in [0.15, 0.2) is 5.82 Å². The Bertz CT molecular complexity index is 645. The number of carbonyl (C=O) groups excluding carboxylic acids is 1. The predicted molar refractivity (Wildman–Crippen MR) is 88.8 cm³/mol. The van der Waals surface area contributed by atoms with Crippen molar-refractivity contribution in [1.82, 2.24) is 19.7 Å². The van der Waals surface area contributed by atoms with Crippen LogP contribution in [-0.2, 0) is 0 Å². The van der Waals surface area contributed by atoms with Gasteiger partial charge in [0.25, 0.3) is 0 Å². The van der Waals surface area contributed by atoms with Crippen molar-refractivity contribution in [3.05, 3.63) is 35.8 Å². The molecule has 0 saturated heterocycles. The van der Waals surface area contributed by atoms with Crippen LogP contribution in [0.5, 0.6) is 0 Å². The van der Waals surface area contributed by atoms with Gasteiger partial charge >= 0.3 is 6.03 Å². The van der Waals surface area contributed by atoms with E-state index in [0.717, 1.165) is 17.8 Å². The summed E-state index contributed by atoms with van der Waals surface area (Å²) >= 11 is 0. The largest absolute Gasteiger partial charge is 0.395 e. The SMILES string of the molecule is CCCN(CCO)C(=O)Nc1ccc(-n2nc(C)cc2C)nc1. The molecule has 0 aliphatic carbocycles. The molecule has 0 aromatic carbocycles. The zero-order valence-electron chi connectivity index (χ0n) is 13.8. The summed E-state index contributed by atoms with van der Waals surface area (Å²) in [5, 5.41) is 16.2. The van der Waals surface area contributed by atoms with Gasteiger partial charge in [-0.15, -0.1) is 0 Å². The number of hydrogen-bond donors (Lipinski definition) is 2. The smallest absolute Gasteiger partial charge is 0.321 e. The zero-order valence-corrected chi connectivity index (χ0v) is 13.8. The number of aromatic nitrogens is 3. The first-order valence-electron chi connectivity index (χ1n) is 7.71. The molecule has 2 aromatic rings. The van der Waals surface area contributed by atoms with Gasteiger partial charge in [0.2, 0.25) is 0 Å². The minimum absolute atomic E-state index is 0.0530. The molecule has 2 amide bonds. The van der Waals surface area contributed by atoms with Crippen LogP contribution in [0.4, 0.5) is 10.5 Å². The van der Waals surface area contributed by atoms with Gasteiger partial charge in [0.05, 0.1) is 24.2 Å². The highest BCUT2D eigenvalue weighted by atomic mass is 16.3. The first-order valence-corrected chi connectivity index (χ1v) is 7.71. The molecule has 0 saturated carbocycles. The first-order chi connectivity index (χ1) is 11.0. The number of anilines is 1. The van der Waals surface area contributed by atoms with E-state index < -0.39 is 0 Å². The van der Waals surface area contributed by atoms with E-state index in [9.17, 15) is 4.79 Å². The van der Waals surface area contributed by atoms with Crippen molar-refractivity contribution in [2.75, 3.05) is 25.0 Å². The van der Waals surface area contributed by atoms with E-state index in [1.165, 1.54) is 0 Å². The number of hydrogen-bond acceptors (Lipinski definition) is 4. The average Bonchev–Trinajstić information content (AvgIpc) is 2.86. The van der Waals surface area contributed by atoms with E-state index in [2.05, 4.69) is 15.4 Å². The summed E-state index contributed by atoms with van der Waals surface area (Å²) in [6, 6.07) is 5.35. The molecule has 2 rings (SSSR count). The number of rotatable bonds is 6. The minimum atomic E-state index is -0.235. The maximum Gasteiger partial charge on any atom is 0.321 e. The molecule has 7 heteroatoms. The molecule has 0 spiro atoms. The molecule has 0 aliphatic rings. The molecule has 23 heavy (non-hydrogen) atoms. The summed E-state index contributed by atoms with van der Waals surface area (Å²) in [4.78, 5) is 18.1. The Hall–Kier alpha value is -2.41. The summed E-state index contributed by atoms with van der Waals surface area (Å²) in [7, 11) is 0. The third-order valence-corrected chi connectivity index (χ3v) is 3.38. The Morgan fingerprint density at radius 3 is 2.65 bits per heavy atom.